The normalized spacial score (nSPS) is 10.9. The minimum absolute atomic E-state index is 0.0861. The van der Waals surface area contributed by atoms with Crippen LogP contribution in [0, 0.1) is 31.6 Å². The molecule has 0 bridgehead atoms. The fourth-order valence-corrected chi connectivity index (χ4v) is 3.11. The van der Waals surface area contributed by atoms with Crippen molar-refractivity contribution in [3.8, 4) is 17.4 Å². The topological polar surface area (TPSA) is 152 Å². The van der Waals surface area contributed by atoms with Gasteiger partial charge in [0.15, 0.2) is 0 Å². The van der Waals surface area contributed by atoms with Gasteiger partial charge in [-0.05, 0) is 46.3 Å². The van der Waals surface area contributed by atoms with Gasteiger partial charge in [-0.15, -0.1) is 0 Å². The molecule has 1 aromatic heterocycles. The second kappa shape index (κ2) is 9.02. The van der Waals surface area contributed by atoms with Gasteiger partial charge in [0.2, 0.25) is 0 Å². The van der Waals surface area contributed by atoms with Gasteiger partial charge in [-0.25, -0.2) is 0 Å². The Morgan fingerprint density at radius 3 is 2.26 bits per heavy atom. The number of amides is 1. The summed E-state index contributed by atoms with van der Waals surface area (Å²) in [5.74, 6) is -0.123. The molecule has 1 amide bonds. The first-order chi connectivity index (χ1) is 14.8. The molecule has 0 aliphatic carbocycles. The lowest BCUT2D eigenvalue weighted by Crippen LogP contribution is -2.13. The maximum absolute atomic E-state index is 12.4. The van der Waals surface area contributed by atoms with E-state index in [0.717, 1.165) is 0 Å². The van der Waals surface area contributed by atoms with Gasteiger partial charge in [0.05, 0.1) is 9.85 Å². The monoisotopic (exact) mass is 482 g/mol. The molecule has 1 N–H and O–H groups in total. The molecule has 31 heavy (non-hydrogen) atoms. The zero-order valence-electron chi connectivity index (χ0n) is 15.4. The Balaban J connectivity index is 1.79. The highest BCUT2D eigenvalue weighted by Gasteiger charge is 2.15. The molecule has 0 radical (unpaired) electrons. The summed E-state index contributed by atoms with van der Waals surface area (Å²) in [5, 5.41) is 33.3. The SMILES string of the molecule is N#CC(=Cc1ccc(-c2ccc([N+](=O)[O-])cc2Br)o1)C(=O)Nc1ccc([N+](=O)[O-])cc1. The van der Waals surface area contributed by atoms with Crippen LogP contribution in [0.2, 0.25) is 0 Å². The van der Waals surface area contributed by atoms with Crippen molar-refractivity contribution < 1.29 is 19.1 Å². The Morgan fingerprint density at radius 2 is 1.68 bits per heavy atom. The third-order valence-electron chi connectivity index (χ3n) is 4.04. The minimum atomic E-state index is -0.717. The first kappa shape index (κ1) is 21.4. The van der Waals surface area contributed by atoms with E-state index in [0.29, 0.717) is 15.8 Å². The number of carbonyl (C=O) groups is 1. The Morgan fingerprint density at radius 1 is 1.03 bits per heavy atom. The lowest BCUT2D eigenvalue weighted by molar-refractivity contribution is -0.385. The number of nitrogens with zero attached hydrogens (tertiary/aromatic N) is 3. The molecule has 1 heterocycles. The molecule has 0 spiro atoms. The van der Waals surface area contributed by atoms with E-state index in [9.17, 15) is 30.3 Å². The van der Waals surface area contributed by atoms with Crippen LogP contribution in [0.5, 0.6) is 0 Å². The van der Waals surface area contributed by atoms with Gasteiger partial charge in [0.25, 0.3) is 17.3 Å². The molecule has 11 heteroatoms. The standard InChI is InChI=1S/C20H11BrN4O6/c21-18-10-15(25(29)30)5-7-17(18)19-8-6-16(31-19)9-12(11-22)20(26)23-13-1-3-14(4-2-13)24(27)28/h1-10H,(H,23,26). The number of benzene rings is 2. The van der Waals surface area contributed by atoms with Crippen LogP contribution in [0.4, 0.5) is 17.1 Å². The molecule has 0 aliphatic rings. The number of nitro benzene ring substituents is 2. The summed E-state index contributed by atoms with van der Waals surface area (Å²) in [7, 11) is 0. The average Bonchev–Trinajstić information content (AvgIpc) is 3.20. The van der Waals surface area contributed by atoms with E-state index in [1.165, 1.54) is 48.5 Å². The Hall–Kier alpha value is -4.30. The fraction of sp³-hybridized carbons (Fsp3) is 0. The van der Waals surface area contributed by atoms with Crippen LogP contribution in [0.1, 0.15) is 5.76 Å². The molecule has 0 saturated heterocycles. The lowest BCUT2D eigenvalue weighted by atomic mass is 10.1. The summed E-state index contributed by atoms with van der Waals surface area (Å²) in [6.07, 6.45) is 1.24. The minimum Gasteiger partial charge on any atom is -0.457 e. The number of halogens is 1. The molecular formula is C20H11BrN4O6. The quantitative estimate of drug-likeness (QED) is 0.222. The molecule has 10 nitrogen and oxygen atoms in total. The highest BCUT2D eigenvalue weighted by Crippen LogP contribution is 2.33. The summed E-state index contributed by atoms with van der Waals surface area (Å²) in [4.78, 5) is 32.8. The van der Waals surface area contributed by atoms with E-state index >= 15 is 0 Å². The van der Waals surface area contributed by atoms with Crippen molar-refractivity contribution in [3.05, 3.63) is 90.6 Å². The third-order valence-corrected chi connectivity index (χ3v) is 4.70. The number of rotatable bonds is 6. The maximum Gasteiger partial charge on any atom is 0.270 e. The Kier molecular flexibility index (Phi) is 6.23. The van der Waals surface area contributed by atoms with Crippen molar-refractivity contribution in [2.45, 2.75) is 0 Å². The molecule has 3 rings (SSSR count). The van der Waals surface area contributed by atoms with E-state index in [1.54, 1.807) is 18.2 Å². The second-order valence-corrected chi connectivity index (χ2v) is 6.91. The smallest absolute Gasteiger partial charge is 0.270 e. The van der Waals surface area contributed by atoms with Gasteiger partial charge in [-0.1, -0.05) is 0 Å². The highest BCUT2D eigenvalue weighted by molar-refractivity contribution is 9.10. The molecular weight excluding hydrogens is 472 g/mol. The lowest BCUT2D eigenvalue weighted by Gasteiger charge is -2.03. The Bertz CT molecular complexity index is 1260. The predicted molar refractivity (Wildman–Crippen MR) is 114 cm³/mol. The van der Waals surface area contributed by atoms with Crippen LogP contribution in [0.15, 0.2) is 69.1 Å². The predicted octanol–water partition coefficient (Wildman–Crippen LogP) is 5.07. The molecule has 0 saturated carbocycles. The number of hydrogen-bond acceptors (Lipinski definition) is 7. The zero-order valence-corrected chi connectivity index (χ0v) is 17.0. The van der Waals surface area contributed by atoms with Crippen LogP contribution in [0.25, 0.3) is 17.4 Å². The summed E-state index contributed by atoms with van der Waals surface area (Å²) in [5.41, 5.74) is 0.374. The van der Waals surface area contributed by atoms with Crippen LogP contribution < -0.4 is 5.32 Å². The van der Waals surface area contributed by atoms with E-state index in [2.05, 4.69) is 21.2 Å². The van der Waals surface area contributed by atoms with Crippen LogP contribution in [0.3, 0.4) is 0 Å². The fourth-order valence-electron chi connectivity index (χ4n) is 2.55. The van der Waals surface area contributed by atoms with Crippen molar-refractivity contribution in [2.24, 2.45) is 0 Å². The summed E-state index contributed by atoms with van der Waals surface area (Å²) in [6.45, 7) is 0. The summed E-state index contributed by atoms with van der Waals surface area (Å²) >= 11 is 3.26. The summed E-state index contributed by atoms with van der Waals surface area (Å²) in [6, 6.07) is 14.3. The number of hydrogen-bond donors (Lipinski definition) is 1. The van der Waals surface area contributed by atoms with E-state index in [1.807, 2.05) is 0 Å². The van der Waals surface area contributed by atoms with E-state index < -0.39 is 15.8 Å². The van der Waals surface area contributed by atoms with Crippen molar-refractivity contribution in [1.82, 2.24) is 0 Å². The molecule has 2 aromatic carbocycles. The largest absolute Gasteiger partial charge is 0.457 e. The number of nitrogens with one attached hydrogen (secondary N) is 1. The number of carbonyl (C=O) groups excluding carboxylic acids is 1. The number of furan rings is 1. The maximum atomic E-state index is 12.4. The summed E-state index contributed by atoms with van der Waals surface area (Å²) < 4.78 is 6.09. The highest BCUT2D eigenvalue weighted by atomic mass is 79.9. The van der Waals surface area contributed by atoms with Crippen molar-refractivity contribution >= 4 is 45.0 Å². The van der Waals surface area contributed by atoms with Crippen molar-refractivity contribution in [1.29, 1.82) is 5.26 Å². The second-order valence-electron chi connectivity index (χ2n) is 6.05. The van der Waals surface area contributed by atoms with E-state index in [-0.39, 0.29) is 28.4 Å². The number of nitriles is 1. The third kappa shape index (κ3) is 5.01. The van der Waals surface area contributed by atoms with Gasteiger partial charge < -0.3 is 9.73 Å². The zero-order chi connectivity index (χ0) is 22.5. The van der Waals surface area contributed by atoms with Gasteiger partial charge >= 0.3 is 0 Å². The van der Waals surface area contributed by atoms with Crippen LogP contribution >= 0.6 is 15.9 Å². The first-order valence-corrected chi connectivity index (χ1v) is 9.29. The number of non-ortho nitro benzene ring substituents is 2. The van der Waals surface area contributed by atoms with Gasteiger partial charge in [-0.2, -0.15) is 5.26 Å². The van der Waals surface area contributed by atoms with Crippen molar-refractivity contribution in [3.63, 3.8) is 0 Å². The molecule has 3 aromatic rings. The van der Waals surface area contributed by atoms with Crippen molar-refractivity contribution in [2.75, 3.05) is 5.32 Å². The molecule has 154 valence electrons. The Labute approximate surface area is 182 Å². The molecule has 0 aliphatic heterocycles. The van der Waals surface area contributed by atoms with Gasteiger partial charge in [0.1, 0.15) is 23.2 Å². The average molecular weight is 483 g/mol. The first-order valence-electron chi connectivity index (χ1n) is 8.50. The van der Waals surface area contributed by atoms with E-state index in [4.69, 9.17) is 4.42 Å². The number of anilines is 1. The van der Waals surface area contributed by atoms with Gasteiger partial charge in [-0.3, -0.25) is 25.0 Å². The van der Waals surface area contributed by atoms with Crippen LogP contribution in [-0.4, -0.2) is 15.8 Å². The van der Waals surface area contributed by atoms with Crippen LogP contribution in [-0.2, 0) is 4.79 Å². The molecule has 0 fully saturated rings. The molecule has 0 atom stereocenters. The molecule has 0 unspecified atom stereocenters. The van der Waals surface area contributed by atoms with Gasteiger partial charge in [0, 0.05) is 46.1 Å². The number of nitro groups is 2.